The van der Waals surface area contributed by atoms with Crippen LogP contribution in [0.4, 0.5) is 0 Å². The molecule has 0 aliphatic carbocycles. The van der Waals surface area contributed by atoms with Crippen molar-refractivity contribution < 1.29 is 9.21 Å². The van der Waals surface area contributed by atoms with Crippen LogP contribution in [0.3, 0.4) is 0 Å². The molecule has 0 aliphatic heterocycles. The van der Waals surface area contributed by atoms with E-state index < -0.39 is 0 Å². The van der Waals surface area contributed by atoms with Gasteiger partial charge in [0, 0.05) is 12.6 Å². The summed E-state index contributed by atoms with van der Waals surface area (Å²) in [5.41, 5.74) is 1.89. The number of aromatic nitrogens is 3. The Bertz CT molecular complexity index is 904. The number of rotatable bonds is 7. The fraction of sp³-hybridized carbons (Fsp3) is 0.316. The van der Waals surface area contributed by atoms with Gasteiger partial charge in [-0.25, -0.2) is 4.68 Å². The maximum atomic E-state index is 12.8. The van der Waals surface area contributed by atoms with E-state index in [0.29, 0.717) is 17.5 Å². The number of hydrogen-bond donors (Lipinski definition) is 1. The highest BCUT2D eigenvalue weighted by Crippen LogP contribution is 2.25. The average molecular weight is 385 g/mol. The lowest BCUT2D eigenvalue weighted by Gasteiger charge is -2.26. The molecule has 3 aromatic rings. The molecular weight excluding hydrogens is 362 g/mol. The second-order valence-electron chi connectivity index (χ2n) is 6.46. The predicted octanol–water partition coefficient (Wildman–Crippen LogP) is 3.09. The molecule has 142 valence electrons. The van der Waals surface area contributed by atoms with Crippen LogP contribution in [0.2, 0.25) is 0 Å². The van der Waals surface area contributed by atoms with Crippen molar-refractivity contribution in [2.75, 3.05) is 11.6 Å². The van der Waals surface area contributed by atoms with Crippen molar-refractivity contribution in [3.8, 4) is 11.4 Å². The number of benzene rings is 1. The Balaban J connectivity index is 1.67. The van der Waals surface area contributed by atoms with Gasteiger partial charge < -0.3 is 15.2 Å². The Morgan fingerprint density at radius 1 is 1.26 bits per heavy atom. The van der Waals surface area contributed by atoms with Gasteiger partial charge in [-0.1, -0.05) is 42.1 Å². The largest absolute Gasteiger partial charge is 0.469 e. The zero-order chi connectivity index (χ0) is 19.4. The smallest absolute Gasteiger partial charge is 0.233 e. The molecule has 0 saturated heterocycles. The van der Waals surface area contributed by atoms with Crippen molar-refractivity contribution in [3.05, 3.63) is 54.0 Å². The predicted molar refractivity (Wildman–Crippen MR) is 105 cm³/mol. The van der Waals surface area contributed by atoms with E-state index in [9.17, 15) is 4.79 Å². The molecule has 0 spiro atoms. The molecule has 2 aromatic heterocycles. The average Bonchev–Trinajstić information content (AvgIpc) is 3.23. The van der Waals surface area contributed by atoms with Crippen molar-refractivity contribution in [3.63, 3.8) is 0 Å². The molecule has 0 atom stereocenters. The van der Waals surface area contributed by atoms with Gasteiger partial charge in [0.25, 0.3) is 0 Å². The minimum Gasteiger partial charge on any atom is -0.469 e. The second-order valence-corrected chi connectivity index (χ2v) is 7.40. The van der Waals surface area contributed by atoms with Crippen LogP contribution in [0, 0.1) is 6.92 Å². The van der Waals surface area contributed by atoms with Crippen LogP contribution in [0.15, 0.2) is 52.2 Å². The Morgan fingerprint density at radius 3 is 2.63 bits per heavy atom. The van der Waals surface area contributed by atoms with Crippen molar-refractivity contribution in [1.29, 1.82) is 0 Å². The third-order valence-electron chi connectivity index (χ3n) is 4.23. The molecule has 7 nitrogen and oxygen atoms in total. The number of hydrogen-bond acceptors (Lipinski definition) is 6. The van der Waals surface area contributed by atoms with Crippen LogP contribution in [-0.2, 0) is 11.3 Å². The molecule has 27 heavy (non-hydrogen) atoms. The number of carbonyl (C=O) groups excluding carboxylic acids is 1. The van der Waals surface area contributed by atoms with Gasteiger partial charge in [-0.15, -0.1) is 10.2 Å². The number of aryl methyl sites for hydroxylation is 1. The molecular formula is C19H23N5O2S. The molecule has 0 fully saturated rings. The first-order chi connectivity index (χ1) is 13.0. The van der Waals surface area contributed by atoms with E-state index in [-0.39, 0.29) is 17.7 Å². The lowest BCUT2D eigenvalue weighted by atomic mass is 10.2. The SMILES string of the molecule is Cc1occc1-c1nnc(SCC(=O)N(Cc2ccccc2)C(C)C)n1N. The molecule has 2 heterocycles. The normalized spacial score (nSPS) is 11.1. The Morgan fingerprint density at radius 2 is 2.00 bits per heavy atom. The van der Waals surface area contributed by atoms with E-state index in [1.165, 1.54) is 16.4 Å². The maximum absolute atomic E-state index is 12.8. The summed E-state index contributed by atoms with van der Waals surface area (Å²) in [5.74, 6) is 7.62. The summed E-state index contributed by atoms with van der Waals surface area (Å²) in [7, 11) is 0. The number of nitrogen functional groups attached to an aromatic ring is 1. The fourth-order valence-corrected chi connectivity index (χ4v) is 3.47. The van der Waals surface area contributed by atoms with Crippen molar-refractivity contribution in [2.45, 2.75) is 38.5 Å². The lowest BCUT2D eigenvalue weighted by Crippen LogP contribution is -2.37. The number of furan rings is 1. The standard InChI is InChI=1S/C19H23N5O2S/c1-13(2)23(11-15-7-5-4-6-8-15)17(25)12-27-19-22-21-18(24(19)20)16-9-10-26-14(16)3/h4-10,13H,11-12,20H2,1-3H3. The maximum Gasteiger partial charge on any atom is 0.233 e. The number of nitrogens with two attached hydrogens (primary N) is 1. The molecule has 1 aromatic carbocycles. The van der Waals surface area contributed by atoms with Gasteiger partial charge in [-0.3, -0.25) is 4.79 Å². The molecule has 0 bridgehead atoms. The Kier molecular flexibility index (Phi) is 5.85. The van der Waals surface area contributed by atoms with E-state index in [1.54, 1.807) is 12.3 Å². The molecule has 0 radical (unpaired) electrons. The van der Waals surface area contributed by atoms with Gasteiger partial charge in [0.15, 0.2) is 5.82 Å². The quantitative estimate of drug-likeness (QED) is 0.496. The summed E-state index contributed by atoms with van der Waals surface area (Å²) in [4.78, 5) is 14.6. The molecule has 2 N–H and O–H groups in total. The molecule has 0 aliphatic rings. The number of thioether (sulfide) groups is 1. The molecule has 1 amide bonds. The van der Waals surface area contributed by atoms with Crippen LogP contribution in [0.5, 0.6) is 0 Å². The van der Waals surface area contributed by atoms with E-state index in [1.807, 2.05) is 56.0 Å². The highest BCUT2D eigenvalue weighted by atomic mass is 32.2. The summed E-state index contributed by atoms with van der Waals surface area (Å²) in [6.07, 6.45) is 1.58. The highest BCUT2D eigenvalue weighted by molar-refractivity contribution is 7.99. The van der Waals surface area contributed by atoms with Crippen LogP contribution in [-0.4, -0.2) is 37.5 Å². The fourth-order valence-electron chi connectivity index (χ4n) is 2.72. The van der Waals surface area contributed by atoms with E-state index in [4.69, 9.17) is 10.3 Å². The molecule has 8 heteroatoms. The lowest BCUT2D eigenvalue weighted by molar-refractivity contribution is -0.130. The van der Waals surface area contributed by atoms with Crippen molar-refractivity contribution in [1.82, 2.24) is 19.8 Å². The van der Waals surface area contributed by atoms with Gasteiger partial charge in [0.1, 0.15) is 5.76 Å². The van der Waals surface area contributed by atoms with Crippen molar-refractivity contribution in [2.24, 2.45) is 0 Å². The monoisotopic (exact) mass is 385 g/mol. The van der Waals surface area contributed by atoms with E-state index >= 15 is 0 Å². The second kappa shape index (κ2) is 8.30. The molecule has 0 saturated carbocycles. The first kappa shape index (κ1) is 19.0. The van der Waals surface area contributed by atoms with Crippen molar-refractivity contribution >= 4 is 17.7 Å². The Labute approximate surface area is 162 Å². The molecule has 0 unspecified atom stereocenters. The summed E-state index contributed by atoms with van der Waals surface area (Å²) in [5, 5.41) is 8.73. The zero-order valence-electron chi connectivity index (χ0n) is 15.6. The summed E-state index contributed by atoms with van der Waals surface area (Å²) < 4.78 is 6.69. The number of nitrogens with zero attached hydrogens (tertiary/aromatic N) is 4. The van der Waals surface area contributed by atoms with E-state index in [0.717, 1.165) is 16.9 Å². The van der Waals surface area contributed by atoms with Crippen LogP contribution in [0.25, 0.3) is 11.4 Å². The van der Waals surface area contributed by atoms with Crippen LogP contribution in [0.1, 0.15) is 25.2 Å². The minimum atomic E-state index is 0.0305. The first-order valence-corrected chi connectivity index (χ1v) is 9.67. The van der Waals surface area contributed by atoms with Crippen LogP contribution >= 0.6 is 11.8 Å². The summed E-state index contributed by atoms with van der Waals surface area (Å²) in [6.45, 7) is 6.44. The molecule has 3 rings (SSSR count). The zero-order valence-corrected chi connectivity index (χ0v) is 16.4. The Hall–Kier alpha value is -2.74. The number of amides is 1. The van der Waals surface area contributed by atoms with Gasteiger partial charge in [0.05, 0.1) is 17.6 Å². The summed E-state index contributed by atoms with van der Waals surface area (Å²) in [6, 6.07) is 11.8. The van der Waals surface area contributed by atoms with Crippen LogP contribution < -0.4 is 5.84 Å². The minimum absolute atomic E-state index is 0.0305. The van der Waals surface area contributed by atoms with E-state index in [2.05, 4.69) is 10.2 Å². The first-order valence-electron chi connectivity index (χ1n) is 8.68. The highest BCUT2D eigenvalue weighted by Gasteiger charge is 2.20. The number of carbonyl (C=O) groups is 1. The van der Waals surface area contributed by atoms with Gasteiger partial charge in [0.2, 0.25) is 11.1 Å². The summed E-state index contributed by atoms with van der Waals surface area (Å²) >= 11 is 1.28. The van der Waals surface area contributed by atoms with Gasteiger partial charge >= 0.3 is 0 Å². The third kappa shape index (κ3) is 4.33. The van der Waals surface area contributed by atoms with Gasteiger partial charge in [-0.05, 0) is 32.4 Å². The van der Waals surface area contributed by atoms with Gasteiger partial charge in [-0.2, -0.15) is 0 Å². The topological polar surface area (TPSA) is 90.2 Å². The third-order valence-corrected chi connectivity index (χ3v) is 5.16.